The molecule has 2 heterocycles. The predicted octanol–water partition coefficient (Wildman–Crippen LogP) is 4.57. The number of anilines is 2. The summed E-state index contributed by atoms with van der Waals surface area (Å²) in [5.41, 5.74) is 5.66. The maximum atomic E-state index is 4.64. The minimum Gasteiger partial charge on any atom is -0.331 e. The fourth-order valence-electron chi connectivity index (χ4n) is 2.10. The molecule has 3 rings (SSSR count). The highest BCUT2D eigenvalue weighted by Crippen LogP contribution is 2.29. The van der Waals surface area contributed by atoms with Crippen LogP contribution in [0.3, 0.4) is 0 Å². The Morgan fingerprint density at radius 3 is 2.40 bits per heavy atom. The van der Waals surface area contributed by atoms with Crippen LogP contribution in [0.4, 0.5) is 10.8 Å². The Morgan fingerprint density at radius 1 is 1.00 bits per heavy atom. The normalized spacial score (nSPS) is 10.5. The van der Waals surface area contributed by atoms with Crippen LogP contribution in [0, 0.1) is 13.8 Å². The molecule has 0 aliphatic carbocycles. The zero-order chi connectivity index (χ0) is 13.9. The number of benzene rings is 1. The highest BCUT2D eigenvalue weighted by Gasteiger charge is 2.07. The second-order valence-electron chi connectivity index (χ2n) is 4.67. The van der Waals surface area contributed by atoms with Crippen LogP contribution in [-0.2, 0) is 0 Å². The molecule has 0 aliphatic rings. The topological polar surface area (TPSA) is 37.8 Å². The summed E-state index contributed by atoms with van der Waals surface area (Å²) < 4.78 is 0. The molecule has 1 N–H and O–H groups in total. The molecule has 0 bridgehead atoms. The van der Waals surface area contributed by atoms with E-state index in [4.69, 9.17) is 0 Å². The standard InChI is InChI=1S/C16H15N3S/c1-11-4-3-5-12(2)15(11)19-16-18-14(10-20-16)13-6-8-17-9-7-13/h3-10H,1-2H3,(H,18,19). The van der Waals surface area contributed by atoms with Crippen molar-refractivity contribution in [2.75, 3.05) is 5.32 Å². The molecule has 3 nitrogen and oxygen atoms in total. The third kappa shape index (κ3) is 2.56. The molecule has 3 aromatic rings. The van der Waals surface area contributed by atoms with Crippen molar-refractivity contribution in [3.8, 4) is 11.3 Å². The van der Waals surface area contributed by atoms with Crippen molar-refractivity contribution in [1.29, 1.82) is 0 Å². The number of nitrogens with one attached hydrogen (secondary N) is 1. The lowest BCUT2D eigenvalue weighted by Crippen LogP contribution is -1.95. The number of nitrogens with zero attached hydrogens (tertiary/aromatic N) is 2. The third-order valence-corrected chi connectivity index (χ3v) is 3.95. The summed E-state index contributed by atoms with van der Waals surface area (Å²) >= 11 is 1.61. The van der Waals surface area contributed by atoms with E-state index < -0.39 is 0 Å². The van der Waals surface area contributed by atoms with E-state index in [0.29, 0.717) is 0 Å². The highest BCUT2D eigenvalue weighted by atomic mass is 32.1. The molecular formula is C16H15N3S. The number of hydrogen-bond acceptors (Lipinski definition) is 4. The van der Waals surface area contributed by atoms with Gasteiger partial charge >= 0.3 is 0 Å². The van der Waals surface area contributed by atoms with Crippen molar-refractivity contribution >= 4 is 22.2 Å². The Hall–Kier alpha value is -2.20. The lowest BCUT2D eigenvalue weighted by atomic mass is 10.1. The number of aromatic nitrogens is 2. The van der Waals surface area contributed by atoms with Gasteiger partial charge in [-0.3, -0.25) is 4.98 Å². The smallest absolute Gasteiger partial charge is 0.187 e. The fraction of sp³-hybridized carbons (Fsp3) is 0.125. The van der Waals surface area contributed by atoms with E-state index in [9.17, 15) is 0 Å². The minimum absolute atomic E-state index is 0.911. The van der Waals surface area contributed by atoms with Crippen molar-refractivity contribution in [1.82, 2.24) is 9.97 Å². The summed E-state index contributed by atoms with van der Waals surface area (Å²) in [6.45, 7) is 4.21. The summed E-state index contributed by atoms with van der Waals surface area (Å²) in [6.07, 6.45) is 3.57. The second kappa shape index (κ2) is 5.43. The van der Waals surface area contributed by atoms with Crippen LogP contribution in [0.15, 0.2) is 48.1 Å². The summed E-state index contributed by atoms with van der Waals surface area (Å²) in [5, 5.41) is 6.39. The molecule has 4 heteroatoms. The fourth-order valence-corrected chi connectivity index (χ4v) is 2.83. The zero-order valence-corrected chi connectivity index (χ0v) is 12.2. The van der Waals surface area contributed by atoms with Crippen LogP contribution in [-0.4, -0.2) is 9.97 Å². The van der Waals surface area contributed by atoms with E-state index in [0.717, 1.165) is 22.1 Å². The quantitative estimate of drug-likeness (QED) is 0.764. The molecule has 20 heavy (non-hydrogen) atoms. The van der Waals surface area contributed by atoms with Gasteiger partial charge in [-0.1, -0.05) is 18.2 Å². The maximum absolute atomic E-state index is 4.64. The lowest BCUT2D eigenvalue weighted by molar-refractivity contribution is 1.30. The first-order valence-electron chi connectivity index (χ1n) is 6.43. The Kier molecular flexibility index (Phi) is 3.48. The van der Waals surface area contributed by atoms with Gasteiger partial charge in [0.25, 0.3) is 0 Å². The lowest BCUT2D eigenvalue weighted by Gasteiger charge is -2.09. The Balaban J connectivity index is 1.88. The van der Waals surface area contributed by atoms with Crippen molar-refractivity contribution in [3.63, 3.8) is 0 Å². The summed E-state index contributed by atoms with van der Waals surface area (Å²) in [4.78, 5) is 8.67. The van der Waals surface area contributed by atoms with Crippen molar-refractivity contribution in [2.45, 2.75) is 13.8 Å². The van der Waals surface area contributed by atoms with Crippen LogP contribution in [0.2, 0.25) is 0 Å². The van der Waals surface area contributed by atoms with Gasteiger partial charge in [-0.25, -0.2) is 4.98 Å². The predicted molar refractivity (Wildman–Crippen MR) is 84.5 cm³/mol. The van der Waals surface area contributed by atoms with E-state index in [1.165, 1.54) is 11.1 Å². The maximum Gasteiger partial charge on any atom is 0.187 e. The van der Waals surface area contributed by atoms with Crippen LogP contribution < -0.4 is 5.32 Å². The molecule has 0 amide bonds. The molecule has 0 fully saturated rings. The number of thiazole rings is 1. The van der Waals surface area contributed by atoms with E-state index in [2.05, 4.69) is 52.7 Å². The van der Waals surface area contributed by atoms with Gasteiger partial charge in [-0.05, 0) is 37.1 Å². The molecule has 0 atom stereocenters. The van der Waals surface area contributed by atoms with E-state index in [1.54, 1.807) is 23.7 Å². The van der Waals surface area contributed by atoms with Gasteiger partial charge in [-0.15, -0.1) is 11.3 Å². The zero-order valence-electron chi connectivity index (χ0n) is 11.4. The Morgan fingerprint density at radius 2 is 1.70 bits per heavy atom. The van der Waals surface area contributed by atoms with Crippen LogP contribution in [0.1, 0.15) is 11.1 Å². The first-order valence-corrected chi connectivity index (χ1v) is 7.31. The number of hydrogen-bond donors (Lipinski definition) is 1. The summed E-state index contributed by atoms with van der Waals surface area (Å²) in [5.74, 6) is 0. The van der Waals surface area contributed by atoms with Gasteiger partial charge in [0.15, 0.2) is 5.13 Å². The van der Waals surface area contributed by atoms with Crippen LogP contribution in [0.25, 0.3) is 11.3 Å². The summed E-state index contributed by atoms with van der Waals surface area (Å²) in [7, 11) is 0. The monoisotopic (exact) mass is 281 g/mol. The first-order chi connectivity index (χ1) is 9.74. The van der Waals surface area contributed by atoms with Gasteiger partial charge in [0, 0.05) is 29.0 Å². The third-order valence-electron chi connectivity index (χ3n) is 3.19. The number of pyridine rings is 1. The average Bonchev–Trinajstić information content (AvgIpc) is 2.93. The Labute approximate surface area is 122 Å². The number of aryl methyl sites for hydroxylation is 2. The van der Waals surface area contributed by atoms with E-state index in [-0.39, 0.29) is 0 Å². The molecule has 0 spiro atoms. The van der Waals surface area contributed by atoms with Crippen LogP contribution >= 0.6 is 11.3 Å². The molecule has 0 saturated heterocycles. The largest absolute Gasteiger partial charge is 0.331 e. The molecule has 100 valence electrons. The highest BCUT2D eigenvalue weighted by molar-refractivity contribution is 7.14. The van der Waals surface area contributed by atoms with Gasteiger partial charge in [0.1, 0.15) is 0 Å². The molecular weight excluding hydrogens is 266 g/mol. The molecule has 0 aliphatic heterocycles. The van der Waals surface area contributed by atoms with Crippen molar-refractivity contribution in [2.24, 2.45) is 0 Å². The molecule has 1 aromatic carbocycles. The number of rotatable bonds is 3. The number of para-hydroxylation sites is 1. The second-order valence-corrected chi connectivity index (χ2v) is 5.52. The molecule has 0 radical (unpaired) electrons. The SMILES string of the molecule is Cc1cccc(C)c1Nc1nc(-c2ccncc2)cs1. The van der Waals surface area contributed by atoms with Crippen molar-refractivity contribution < 1.29 is 0 Å². The minimum atomic E-state index is 0.911. The molecule has 2 aromatic heterocycles. The van der Waals surface area contributed by atoms with E-state index in [1.807, 2.05) is 12.1 Å². The van der Waals surface area contributed by atoms with Crippen LogP contribution in [0.5, 0.6) is 0 Å². The van der Waals surface area contributed by atoms with E-state index >= 15 is 0 Å². The van der Waals surface area contributed by atoms with Gasteiger partial charge < -0.3 is 5.32 Å². The Bertz CT molecular complexity index is 699. The molecule has 0 unspecified atom stereocenters. The average molecular weight is 281 g/mol. The summed E-state index contributed by atoms with van der Waals surface area (Å²) in [6, 6.07) is 10.2. The van der Waals surface area contributed by atoms with Gasteiger partial charge in [0.05, 0.1) is 5.69 Å². The van der Waals surface area contributed by atoms with Crippen molar-refractivity contribution in [3.05, 3.63) is 59.2 Å². The molecule has 0 saturated carbocycles. The first kappa shape index (κ1) is 12.8. The van der Waals surface area contributed by atoms with Gasteiger partial charge in [0.2, 0.25) is 0 Å². The van der Waals surface area contributed by atoms with Gasteiger partial charge in [-0.2, -0.15) is 0 Å².